The Morgan fingerprint density at radius 1 is 1.28 bits per heavy atom. The number of anilines is 1. The van der Waals surface area contributed by atoms with E-state index in [0.29, 0.717) is 35.6 Å². The van der Waals surface area contributed by atoms with Crippen LogP contribution in [0.4, 0.5) is 5.69 Å². The monoisotopic (exact) mass is 391 g/mol. The third-order valence-electron chi connectivity index (χ3n) is 4.82. The highest BCUT2D eigenvalue weighted by atomic mass is 16.5. The Morgan fingerprint density at radius 3 is 2.79 bits per heavy atom. The minimum absolute atomic E-state index is 0.0788. The minimum Gasteiger partial charge on any atom is -0.494 e. The van der Waals surface area contributed by atoms with Gasteiger partial charge in [0.1, 0.15) is 18.1 Å². The van der Waals surface area contributed by atoms with Crippen LogP contribution in [0.15, 0.2) is 47.3 Å². The molecule has 1 aliphatic heterocycles. The molecule has 2 heterocycles. The van der Waals surface area contributed by atoms with Crippen LogP contribution >= 0.6 is 0 Å². The minimum atomic E-state index is -0.951. The number of allylic oxidation sites excluding steroid dienone is 1. The summed E-state index contributed by atoms with van der Waals surface area (Å²) >= 11 is 0. The second-order valence-electron chi connectivity index (χ2n) is 6.79. The quantitative estimate of drug-likeness (QED) is 0.670. The third-order valence-corrected chi connectivity index (χ3v) is 4.82. The highest BCUT2D eigenvalue weighted by molar-refractivity contribution is 5.86. The molecule has 7 nitrogen and oxygen atoms in total. The summed E-state index contributed by atoms with van der Waals surface area (Å²) in [5, 5.41) is 12.2. The molecule has 0 amide bonds. The maximum absolute atomic E-state index is 12.9. The first-order valence-corrected chi connectivity index (χ1v) is 9.49. The van der Waals surface area contributed by atoms with Crippen molar-refractivity contribution in [3.63, 3.8) is 0 Å². The number of aromatic nitrogens is 2. The van der Waals surface area contributed by atoms with Crippen molar-refractivity contribution in [2.75, 3.05) is 18.5 Å². The highest BCUT2D eigenvalue weighted by Crippen LogP contribution is 2.28. The molecule has 0 bridgehead atoms. The van der Waals surface area contributed by atoms with Gasteiger partial charge in [-0.2, -0.15) is 0 Å². The van der Waals surface area contributed by atoms with E-state index in [1.54, 1.807) is 22.8 Å². The lowest BCUT2D eigenvalue weighted by Crippen LogP contribution is -2.21. The van der Waals surface area contributed by atoms with E-state index >= 15 is 0 Å². The molecule has 29 heavy (non-hydrogen) atoms. The first-order chi connectivity index (χ1) is 14.0. The molecule has 2 N–H and O–H groups in total. The molecule has 148 valence electrons. The molecule has 0 unspecified atom stereocenters. The zero-order valence-corrected chi connectivity index (χ0v) is 16.0. The number of nitrogens with zero attached hydrogens (tertiary/aromatic N) is 2. The van der Waals surface area contributed by atoms with Gasteiger partial charge in [0.2, 0.25) is 0 Å². The Balaban J connectivity index is 1.71. The number of carboxylic acids is 1. The molecule has 0 radical (unpaired) electrons. The Hall–Kier alpha value is -3.61. The predicted molar refractivity (Wildman–Crippen MR) is 112 cm³/mol. The van der Waals surface area contributed by atoms with E-state index in [0.717, 1.165) is 23.3 Å². The first kappa shape index (κ1) is 18.7. The maximum atomic E-state index is 12.9. The predicted octanol–water partition coefficient (Wildman–Crippen LogP) is 3.24. The standard InChI is InChI=1S/C22H21N3O4/c1-2-29-17-6-3-14(4-7-17)11-15-9-10-25-21(15)24-19-12-16(23-13-20(26)27)5-8-18(19)22(25)28/h3-8,11-12,23H,2,9-10,13H2,1H3,(H,26,27). The SMILES string of the molecule is CCOc1ccc(C=C2CCn3c2nc2cc(NCC(=O)O)ccc2c3=O)cc1. The molecule has 4 rings (SSSR count). The number of nitrogens with one attached hydrogen (secondary N) is 1. The van der Waals surface area contributed by atoms with Crippen molar-refractivity contribution >= 4 is 34.2 Å². The van der Waals surface area contributed by atoms with E-state index in [2.05, 4.69) is 5.32 Å². The van der Waals surface area contributed by atoms with Crippen LogP contribution in [0.3, 0.4) is 0 Å². The average molecular weight is 391 g/mol. The number of rotatable bonds is 6. The van der Waals surface area contributed by atoms with Crippen LogP contribution in [0, 0.1) is 0 Å². The number of carbonyl (C=O) groups is 1. The van der Waals surface area contributed by atoms with Crippen LogP contribution in [0.1, 0.15) is 24.7 Å². The number of ether oxygens (including phenoxy) is 1. The molecule has 0 atom stereocenters. The van der Waals surface area contributed by atoms with Gasteiger partial charge in [-0.1, -0.05) is 12.1 Å². The lowest BCUT2D eigenvalue weighted by molar-refractivity contribution is -0.134. The van der Waals surface area contributed by atoms with Gasteiger partial charge in [-0.3, -0.25) is 14.2 Å². The summed E-state index contributed by atoms with van der Waals surface area (Å²) in [5.41, 5.74) is 3.10. The summed E-state index contributed by atoms with van der Waals surface area (Å²) in [6.07, 6.45) is 2.77. The molecule has 2 aromatic carbocycles. The normalized spacial score (nSPS) is 14.2. The van der Waals surface area contributed by atoms with Gasteiger partial charge in [0, 0.05) is 12.2 Å². The number of carboxylic acid groups (broad SMARTS) is 1. The van der Waals surface area contributed by atoms with Gasteiger partial charge in [-0.15, -0.1) is 0 Å². The van der Waals surface area contributed by atoms with E-state index in [-0.39, 0.29) is 12.1 Å². The fraction of sp³-hybridized carbons (Fsp3) is 0.227. The van der Waals surface area contributed by atoms with Crippen LogP contribution in [-0.2, 0) is 11.3 Å². The van der Waals surface area contributed by atoms with Gasteiger partial charge < -0.3 is 15.2 Å². The summed E-state index contributed by atoms with van der Waals surface area (Å²) in [5.74, 6) is 0.530. The van der Waals surface area contributed by atoms with Crippen LogP contribution in [0.5, 0.6) is 5.75 Å². The van der Waals surface area contributed by atoms with Gasteiger partial charge in [0.05, 0.1) is 17.5 Å². The Kier molecular flexibility index (Phi) is 5.03. The second-order valence-corrected chi connectivity index (χ2v) is 6.79. The summed E-state index contributed by atoms with van der Waals surface area (Å²) in [4.78, 5) is 28.4. The second kappa shape index (κ2) is 7.79. The molecule has 0 saturated carbocycles. The molecule has 0 fully saturated rings. The first-order valence-electron chi connectivity index (χ1n) is 9.49. The number of hydrogen-bond acceptors (Lipinski definition) is 5. The molecule has 0 aliphatic carbocycles. The Morgan fingerprint density at radius 2 is 2.07 bits per heavy atom. The molecule has 0 spiro atoms. The van der Waals surface area contributed by atoms with Gasteiger partial charge in [0.15, 0.2) is 0 Å². The van der Waals surface area contributed by atoms with E-state index in [9.17, 15) is 9.59 Å². The van der Waals surface area contributed by atoms with E-state index in [4.69, 9.17) is 14.8 Å². The highest BCUT2D eigenvalue weighted by Gasteiger charge is 2.21. The molecule has 7 heteroatoms. The molecule has 1 aromatic heterocycles. The summed E-state index contributed by atoms with van der Waals surface area (Å²) < 4.78 is 7.18. The summed E-state index contributed by atoms with van der Waals surface area (Å²) in [6.45, 7) is 2.97. The zero-order valence-electron chi connectivity index (χ0n) is 16.0. The maximum Gasteiger partial charge on any atom is 0.322 e. The van der Waals surface area contributed by atoms with Crippen LogP contribution in [0.2, 0.25) is 0 Å². The van der Waals surface area contributed by atoms with Gasteiger partial charge >= 0.3 is 5.97 Å². The number of hydrogen-bond donors (Lipinski definition) is 2. The fourth-order valence-corrected chi connectivity index (χ4v) is 3.47. The topological polar surface area (TPSA) is 93.4 Å². The van der Waals surface area contributed by atoms with Crippen LogP contribution in [-0.4, -0.2) is 33.8 Å². The lowest BCUT2D eigenvalue weighted by atomic mass is 10.1. The number of aliphatic carboxylic acids is 1. The van der Waals surface area contributed by atoms with Crippen LogP contribution in [0.25, 0.3) is 22.6 Å². The van der Waals surface area contributed by atoms with Gasteiger partial charge in [-0.25, -0.2) is 4.98 Å². The van der Waals surface area contributed by atoms with Gasteiger partial charge in [-0.05, 0) is 60.9 Å². The average Bonchev–Trinajstić information content (AvgIpc) is 3.11. The fourth-order valence-electron chi connectivity index (χ4n) is 3.47. The van der Waals surface area contributed by atoms with Crippen molar-refractivity contribution in [1.29, 1.82) is 0 Å². The summed E-state index contributed by atoms with van der Waals surface area (Å²) in [6, 6.07) is 12.9. The number of fused-ring (bicyclic) bond motifs is 2. The molecular weight excluding hydrogens is 370 g/mol. The van der Waals surface area contributed by atoms with Crippen molar-refractivity contribution in [2.45, 2.75) is 19.9 Å². The molecule has 1 aliphatic rings. The van der Waals surface area contributed by atoms with Crippen LogP contribution < -0.4 is 15.6 Å². The molecular formula is C22H21N3O4. The molecule has 0 saturated heterocycles. The van der Waals surface area contributed by atoms with Crippen molar-refractivity contribution in [1.82, 2.24) is 9.55 Å². The van der Waals surface area contributed by atoms with Crippen molar-refractivity contribution in [3.8, 4) is 5.75 Å². The molecule has 3 aromatic rings. The number of benzene rings is 2. The zero-order chi connectivity index (χ0) is 20.4. The van der Waals surface area contributed by atoms with E-state index in [1.807, 2.05) is 37.3 Å². The van der Waals surface area contributed by atoms with Crippen molar-refractivity contribution < 1.29 is 14.6 Å². The lowest BCUT2D eigenvalue weighted by Gasteiger charge is -2.08. The van der Waals surface area contributed by atoms with E-state index in [1.165, 1.54) is 0 Å². The van der Waals surface area contributed by atoms with E-state index < -0.39 is 5.97 Å². The Bertz CT molecular complexity index is 1160. The van der Waals surface area contributed by atoms with Crippen molar-refractivity contribution in [3.05, 3.63) is 64.2 Å². The Labute approximate surface area is 167 Å². The summed E-state index contributed by atoms with van der Waals surface area (Å²) in [7, 11) is 0. The smallest absolute Gasteiger partial charge is 0.322 e. The van der Waals surface area contributed by atoms with Gasteiger partial charge in [0.25, 0.3) is 5.56 Å². The largest absolute Gasteiger partial charge is 0.494 e. The van der Waals surface area contributed by atoms with Crippen molar-refractivity contribution in [2.24, 2.45) is 0 Å². The third kappa shape index (κ3) is 3.85.